The predicted molar refractivity (Wildman–Crippen MR) is 67.6 cm³/mol. The summed E-state index contributed by atoms with van der Waals surface area (Å²) in [7, 11) is 1.82. The zero-order chi connectivity index (χ0) is 12.8. The van der Waals surface area contributed by atoms with Crippen molar-refractivity contribution in [3.05, 3.63) is 23.7 Å². The number of amides is 1. The van der Waals surface area contributed by atoms with Gasteiger partial charge < -0.3 is 15.1 Å². The number of furan rings is 1. The second kappa shape index (κ2) is 6.45. The van der Waals surface area contributed by atoms with E-state index >= 15 is 0 Å². The van der Waals surface area contributed by atoms with Crippen LogP contribution in [-0.2, 0) is 11.2 Å². The second-order valence-corrected chi connectivity index (χ2v) is 4.36. The average molecular weight is 238 g/mol. The highest BCUT2D eigenvalue weighted by atomic mass is 16.3. The number of carbonyl (C=O) groups excluding carboxylic acids is 1. The lowest BCUT2D eigenvalue weighted by molar-refractivity contribution is -0.133. The Morgan fingerprint density at radius 3 is 2.71 bits per heavy atom. The summed E-state index contributed by atoms with van der Waals surface area (Å²) >= 11 is 0. The number of aryl methyl sites for hydroxylation is 1. The van der Waals surface area contributed by atoms with Crippen molar-refractivity contribution in [3.8, 4) is 0 Å². The molecule has 0 aliphatic carbocycles. The van der Waals surface area contributed by atoms with E-state index in [-0.39, 0.29) is 11.8 Å². The molecule has 0 radical (unpaired) electrons. The Labute approximate surface area is 103 Å². The maximum Gasteiger partial charge on any atom is 0.226 e. The summed E-state index contributed by atoms with van der Waals surface area (Å²) < 4.78 is 5.46. The summed E-state index contributed by atoms with van der Waals surface area (Å²) in [6.45, 7) is 4.99. The van der Waals surface area contributed by atoms with E-state index < -0.39 is 0 Å². The molecule has 1 unspecified atom stereocenters. The molecule has 0 bridgehead atoms. The molecule has 1 rings (SSSR count). The number of rotatable bonds is 6. The van der Waals surface area contributed by atoms with Crippen LogP contribution >= 0.6 is 0 Å². The van der Waals surface area contributed by atoms with Gasteiger partial charge in [-0.05, 0) is 25.5 Å². The minimum Gasteiger partial charge on any atom is -0.466 e. The van der Waals surface area contributed by atoms with Crippen LogP contribution in [0.4, 0.5) is 0 Å². The molecule has 2 N–H and O–H groups in total. The van der Waals surface area contributed by atoms with Gasteiger partial charge in [-0.2, -0.15) is 0 Å². The largest absolute Gasteiger partial charge is 0.466 e. The van der Waals surface area contributed by atoms with Crippen LogP contribution in [0.3, 0.4) is 0 Å². The van der Waals surface area contributed by atoms with Crippen molar-refractivity contribution in [2.24, 2.45) is 11.7 Å². The van der Waals surface area contributed by atoms with Crippen molar-refractivity contribution in [2.45, 2.75) is 26.7 Å². The molecule has 1 atom stereocenters. The van der Waals surface area contributed by atoms with Crippen LogP contribution in [0.15, 0.2) is 16.5 Å². The first-order chi connectivity index (χ1) is 8.08. The van der Waals surface area contributed by atoms with Crippen LogP contribution in [0.2, 0.25) is 0 Å². The number of hydrogen-bond acceptors (Lipinski definition) is 3. The Morgan fingerprint density at radius 1 is 1.53 bits per heavy atom. The van der Waals surface area contributed by atoms with Gasteiger partial charge in [0, 0.05) is 26.6 Å². The van der Waals surface area contributed by atoms with E-state index in [0.29, 0.717) is 13.1 Å². The van der Waals surface area contributed by atoms with Crippen LogP contribution in [0.25, 0.3) is 0 Å². The number of nitrogens with two attached hydrogens (primary N) is 1. The molecule has 96 valence electrons. The predicted octanol–water partition coefficient (Wildman–Crippen LogP) is 1.57. The van der Waals surface area contributed by atoms with Crippen molar-refractivity contribution >= 4 is 5.91 Å². The van der Waals surface area contributed by atoms with Crippen LogP contribution < -0.4 is 5.73 Å². The van der Waals surface area contributed by atoms with Gasteiger partial charge in [0.25, 0.3) is 0 Å². The first-order valence-electron chi connectivity index (χ1n) is 6.08. The van der Waals surface area contributed by atoms with Gasteiger partial charge in [-0.3, -0.25) is 4.79 Å². The van der Waals surface area contributed by atoms with E-state index in [4.69, 9.17) is 10.2 Å². The quantitative estimate of drug-likeness (QED) is 0.818. The smallest absolute Gasteiger partial charge is 0.226 e. The highest BCUT2D eigenvalue weighted by molar-refractivity contribution is 5.78. The molecule has 4 heteroatoms. The lowest BCUT2D eigenvalue weighted by Gasteiger charge is -2.21. The molecule has 1 heterocycles. The fourth-order valence-electron chi connectivity index (χ4n) is 1.76. The number of likely N-dealkylation sites (N-methyl/N-ethyl adjacent to an activating group) is 1. The third-order valence-electron chi connectivity index (χ3n) is 2.99. The van der Waals surface area contributed by atoms with E-state index in [9.17, 15) is 4.79 Å². The monoisotopic (exact) mass is 238 g/mol. The van der Waals surface area contributed by atoms with Gasteiger partial charge in [-0.1, -0.05) is 6.92 Å². The van der Waals surface area contributed by atoms with Crippen LogP contribution in [0, 0.1) is 12.8 Å². The minimum atomic E-state index is -0.0571. The topological polar surface area (TPSA) is 59.5 Å². The number of hydrogen-bond donors (Lipinski definition) is 1. The fraction of sp³-hybridized carbons (Fsp3) is 0.615. The summed E-state index contributed by atoms with van der Waals surface area (Å²) in [6, 6.07) is 3.89. The van der Waals surface area contributed by atoms with Gasteiger partial charge in [0.15, 0.2) is 0 Å². The highest BCUT2D eigenvalue weighted by Gasteiger charge is 2.18. The maximum absolute atomic E-state index is 11.9. The normalized spacial score (nSPS) is 12.5. The third-order valence-corrected chi connectivity index (χ3v) is 2.99. The van der Waals surface area contributed by atoms with Crippen molar-refractivity contribution in [1.82, 2.24) is 4.90 Å². The van der Waals surface area contributed by atoms with E-state index in [1.165, 1.54) is 0 Å². The molecule has 0 aromatic carbocycles. The van der Waals surface area contributed by atoms with E-state index in [1.807, 2.05) is 33.0 Å². The Bertz CT molecular complexity index is 356. The van der Waals surface area contributed by atoms with Gasteiger partial charge in [0.1, 0.15) is 11.5 Å². The molecule has 1 aromatic heterocycles. The van der Waals surface area contributed by atoms with Crippen LogP contribution in [-0.4, -0.2) is 30.9 Å². The molecular weight excluding hydrogens is 216 g/mol. The minimum absolute atomic E-state index is 0.0571. The van der Waals surface area contributed by atoms with Gasteiger partial charge in [0.2, 0.25) is 5.91 Å². The molecule has 0 aliphatic rings. The average Bonchev–Trinajstić information content (AvgIpc) is 2.73. The van der Waals surface area contributed by atoms with Crippen LogP contribution in [0.5, 0.6) is 0 Å². The lowest BCUT2D eigenvalue weighted by atomic mass is 10.1. The number of carbonyl (C=O) groups is 1. The summed E-state index contributed by atoms with van der Waals surface area (Å²) in [6.07, 6.45) is 1.54. The Balaban J connectivity index is 2.43. The molecule has 0 saturated heterocycles. The highest BCUT2D eigenvalue weighted by Crippen LogP contribution is 2.09. The first kappa shape index (κ1) is 13.8. The molecule has 0 saturated carbocycles. The first-order valence-corrected chi connectivity index (χ1v) is 6.08. The van der Waals surface area contributed by atoms with Crippen molar-refractivity contribution in [3.63, 3.8) is 0 Å². The Hall–Kier alpha value is -1.29. The van der Waals surface area contributed by atoms with E-state index in [2.05, 4.69) is 0 Å². The van der Waals surface area contributed by atoms with Gasteiger partial charge in [0.05, 0.1) is 5.92 Å². The van der Waals surface area contributed by atoms with Crippen molar-refractivity contribution in [1.29, 1.82) is 0 Å². The van der Waals surface area contributed by atoms with E-state index in [0.717, 1.165) is 24.4 Å². The van der Waals surface area contributed by atoms with Gasteiger partial charge >= 0.3 is 0 Å². The molecule has 1 aromatic rings. The zero-order valence-corrected chi connectivity index (χ0v) is 10.9. The van der Waals surface area contributed by atoms with Crippen molar-refractivity contribution in [2.75, 3.05) is 20.1 Å². The summed E-state index contributed by atoms with van der Waals surface area (Å²) in [5.41, 5.74) is 5.57. The summed E-state index contributed by atoms with van der Waals surface area (Å²) in [5, 5.41) is 0. The van der Waals surface area contributed by atoms with Crippen LogP contribution in [0.1, 0.15) is 24.9 Å². The third kappa shape index (κ3) is 3.89. The Morgan fingerprint density at radius 2 is 2.24 bits per heavy atom. The molecule has 4 nitrogen and oxygen atoms in total. The SMILES string of the molecule is CCC(CN)C(=O)N(C)CCc1ccc(C)o1. The molecule has 0 aliphatic heterocycles. The summed E-state index contributed by atoms with van der Waals surface area (Å²) in [5.74, 6) is 1.89. The summed E-state index contributed by atoms with van der Waals surface area (Å²) in [4.78, 5) is 13.7. The molecule has 17 heavy (non-hydrogen) atoms. The standard InChI is InChI=1S/C13H22N2O2/c1-4-11(9-14)13(16)15(3)8-7-12-6-5-10(2)17-12/h5-6,11H,4,7-9,14H2,1-3H3. The van der Waals surface area contributed by atoms with E-state index in [1.54, 1.807) is 4.90 Å². The van der Waals surface area contributed by atoms with Gasteiger partial charge in [-0.15, -0.1) is 0 Å². The molecule has 0 spiro atoms. The zero-order valence-electron chi connectivity index (χ0n) is 10.9. The lowest BCUT2D eigenvalue weighted by Crippen LogP contribution is -2.37. The maximum atomic E-state index is 11.9. The van der Waals surface area contributed by atoms with Gasteiger partial charge in [-0.25, -0.2) is 0 Å². The Kier molecular flexibility index (Phi) is 5.22. The second-order valence-electron chi connectivity index (χ2n) is 4.36. The molecule has 0 fully saturated rings. The fourth-order valence-corrected chi connectivity index (χ4v) is 1.76. The molecule has 1 amide bonds. The number of nitrogens with zero attached hydrogens (tertiary/aromatic N) is 1. The van der Waals surface area contributed by atoms with Crippen molar-refractivity contribution < 1.29 is 9.21 Å². The molecular formula is C13H22N2O2.